The molecular weight excluding hydrogens is 324 g/mol. The van der Waals surface area contributed by atoms with Crippen LogP contribution in [0.2, 0.25) is 12.1 Å². The highest BCUT2D eigenvalue weighted by molar-refractivity contribution is 6.67. The predicted octanol–water partition coefficient (Wildman–Crippen LogP) is -0.759. The van der Waals surface area contributed by atoms with E-state index in [1.807, 2.05) is 0 Å². The van der Waals surface area contributed by atoms with Gasteiger partial charge >= 0.3 is 8.56 Å². The van der Waals surface area contributed by atoms with E-state index in [0.717, 1.165) is 24.9 Å². The molecule has 0 amide bonds. The van der Waals surface area contributed by atoms with Gasteiger partial charge in [0, 0.05) is 27.4 Å². The average molecular weight is 356 g/mol. The molecule has 0 spiro atoms. The van der Waals surface area contributed by atoms with Crippen LogP contribution in [-0.2, 0) is 18.3 Å². The molecule has 0 aliphatic rings. The maximum absolute atomic E-state index is 9.17. The van der Waals surface area contributed by atoms with E-state index in [1.54, 1.807) is 14.2 Å². The second-order valence-corrected chi connectivity index (χ2v) is 8.99. The van der Waals surface area contributed by atoms with Crippen LogP contribution < -0.4 is 0 Å². The van der Waals surface area contributed by atoms with Crippen molar-refractivity contribution in [2.75, 3.05) is 53.9 Å². The van der Waals surface area contributed by atoms with Crippen molar-refractivity contribution in [2.45, 2.75) is 37.1 Å². The number of rotatable bonds is 16. The molecule has 0 aliphatic heterocycles. The Morgan fingerprint density at radius 3 is 1.48 bits per heavy atom. The molecule has 8 nitrogen and oxygen atoms in total. The van der Waals surface area contributed by atoms with E-state index < -0.39 is 20.8 Å². The van der Waals surface area contributed by atoms with Gasteiger partial charge in [-0.15, -0.1) is 0 Å². The van der Waals surface area contributed by atoms with E-state index in [4.69, 9.17) is 38.8 Å². The van der Waals surface area contributed by atoms with Crippen LogP contribution in [0.15, 0.2) is 0 Å². The number of hydrogen-bond donors (Lipinski definition) is 4. The topological polar surface area (TPSA) is 118 Å². The Bertz CT molecular complexity index is 243. The van der Waals surface area contributed by atoms with Crippen LogP contribution >= 0.6 is 0 Å². The molecule has 0 aromatic heterocycles. The van der Waals surface area contributed by atoms with Gasteiger partial charge in [0.2, 0.25) is 0 Å². The van der Waals surface area contributed by atoms with E-state index in [1.165, 1.54) is 0 Å². The summed E-state index contributed by atoms with van der Waals surface area (Å²) in [5.41, 5.74) is 0. The maximum Gasteiger partial charge on any atom is 0.337 e. The molecule has 0 heterocycles. The van der Waals surface area contributed by atoms with Crippen molar-refractivity contribution >= 4 is 8.56 Å². The van der Waals surface area contributed by atoms with Gasteiger partial charge < -0.3 is 38.8 Å². The van der Waals surface area contributed by atoms with Crippen LogP contribution in [0, 0.1) is 0 Å². The predicted molar refractivity (Wildman–Crippen MR) is 86.4 cm³/mol. The highest BCUT2D eigenvalue weighted by Crippen LogP contribution is 2.21. The van der Waals surface area contributed by atoms with Gasteiger partial charge in [-0.1, -0.05) is 0 Å². The van der Waals surface area contributed by atoms with Crippen molar-refractivity contribution in [2.24, 2.45) is 0 Å². The van der Waals surface area contributed by atoms with Gasteiger partial charge in [-0.25, -0.2) is 0 Å². The third kappa shape index (κ3) is 11.1. The summed E-state index contributed by atoms with van der Waals surface area (Å²) in [6.07, 6.45) is -0.187. The SMILES string of the molecule is CO[Si](CCCOCC(O)CO)(CCCOCC(O)CO)OC. The number of aliphatic hydroxyl groups is 4. The molecular formula is C14H32O8Si. The molecule has 0 saturated heterocycles. The van der Waals surface area contributed by atoms with Crippen LogP contribution in [0.5, 0.6) is 0 Å². The summed E-state index contributed by atoms with van der Waals surface area (Å²) in [4.78, 5) is 0. The van der Waals surface area contributed by atoms with Crippen LogP contribution in [-0.4, -0.2) is 95.1 Å². The van der Waals surface area contributed by atoms with Gasteiger partial charge in [0.15, 0.2) is 0 Å². The maximum atomic E-state index is 9.17. The molecule has 0 saturated carbocycles. The first-order valence-electron chi connectivity index (χ1n) is 7.87. The van der Waals surface area contributed by atoms with Crippen LogP contribution in [0.25, 0.3) is 0 Å². The number of hydrogen-bond acceptors (Lipinski definition) is 8. The first-order chi connectivity index (χ1) is 11.0. The van der Waals surface area contributed by atoms with E-state index in [2.05, 4.69) is 0 Å². The largest absolute Gasteiger partial charge is 0.398 e. The van der Waals surface area contributed by atoms with Gasteiger partial charge in [0.25, 0.3) is 0 Å². The van der Waals surface area contributed by atoms with Crippen molar-refractivity contribution in [3.63, 3.8) is 0 Å². The standard InChI is InChI=1S/C14H32O8Si/c1-19-23(20-2,7-3-5-21-11-13(17)9-15)8-4-6-22-12-14(18)10-16/h13-18H,3-12H2,1-2H3. The Morgan fingerprint density at radius 1 is 0.783 bits per heavy atom. The fraction of sp³-hybridized carbons (Fsp3) is 1.00. The molecule has 9 heteroatoms. The van der Waals surface area contributed by atoms with Crippen molar-refractivity contribution in [1.29, 1.82) is 0 Å². The van der Waals surface area contributed by atoms with Crippen LogP contribution in [0.4, 0.5) is 0 Å². The molecule has 23 heavy (non-hydrogen) atoms. The van der Waals surface area contributed by atoms with E-state index in [0.29, 0.717) is 13.2 Å². The highest BCUT2D eigenvalue weighted by atomic mass is 28.4. The van der Waals surface area contributed by atoms with Gasteiger partial charge in [-0.05, 0) is 24.9 Å². The minimum absolute atomic E-state index is 0.117. The van der Waals surface area contributed by atoms with Crippen LogP contribution in [0.3, 0.4) is 0 Å². The third-order valence-electron chi connectivity index (χ3n) is 3.48. The smallest absolute Gasteiger partial charge is 0.337 e. The quantitative estimate of drug-likeness (QED) is 0.211. The summed E-state index contributed by atoms with van der Waals surface area (Å²) in [7, 11) is 0.984. The molecule has 0 rings (SSSR count). The number of ether oxygens (including phenoxy) is 2. The normalized spacial score (nSPS) is 14.9. The summed E-state index contributed by atoms with van der Waals surface area (Å²) in [6, 6.07) is 1.52. The Labute approximate surface area is 139 Å². The minimum Gasteiger partial charge on any atom is -0.398 e. The molecule has 0 aliphatic carbocycles. The zero-order chi connectivity index (χ0) is 17.6. The van der Waals surface area contributed by atoms with E-state index in [-0.39, 0.29) is 26.4 Å². The van der Waals surface area contributed by atoms with Crippen molar-refractivity contribution in [3.05, 3.63) is 0 Å². The Balaban J connectivity index is 3.91. The Kier molecular flexibility index (Phi) is 14.2. The lowest BCUT2D eigenvalue weighted by molar-refractivity contribution is 0.00531. The monoisotopic (exact) mass is 356 g/mol. The fourth-order valence-corrected chi connectivity index (χ4v) is 4.65. The molecule has 0 fully saturated rings. The zero-order valence-electron chi connectivity index (χ0n) is 14.1. The van der Waals surface area contributed by atoms with E-state index in [9.17, 15) is 0 Å². The average Bonchev–Trinajstić information content (AvgIpc) is 2.58. The molecule has 2 unspecified atom stereocenters. The first-order valence-corrected chi connectivity index (χ1v) is 10.1. The summed E-state index contributed by atoms with van der Waals surface area (Å²) >= 11 is 0. The Hall–Kier alpha value is -0.103. The second kappa shape index (κ2) is 14.3. The van der Waals surface area contributed by atoms with Crippen LogP contribution in [0.1, 0.15) is 12.8 Å². The summed E-state index contributed by atoms with van der Waals surface area (Å²) in [5, 5.41) is 35.7. The molecule has 140 valence electrons. The fourth-order valence-electron chi connectivity index (χ4n) is 2.05. The third-order valence-corrected chi connectivity index (χ3v) is 7.20. The molecule has 0 bridgehead atoms. The van der Waals surface area contributed by atoms with Crippen molar-refractivity contribution in [1.82, 2.24) is 0 Å². The summed E-state index contributed by atoms with van der Waals surface area (Å²) in [5.74, 6) is 0. The molecule has 0 aromatic carbocycles. The van der Waals surface area contributed by atoms with Crippen molar-refractivity contribution < 1.29 is 38.8 Å². The summed E-state index contributed by atoms with van der Waals surface area (Å²) in [6.45, 7) is 0.563. The molecule has 0 aromatic rings. The lowest BCUT2D eigenvalue weighted by Crippen LogP contribution is -2.40. The minimum atomic E-state index is -2.30. The van der Waals surface area contributed by atoms with Gasteiger partial charge in [-0.2, -0.15) is 0 Å². The summed E-state index contributed by atoms with van der Waals surface area (Å²) < 4.78 is 21.8. The molecule has 2 atom stereocenters. The van der Waals surface area contributed by atoms with Crippen molar-refractivity contribution in [3.8, 4) is 0 Å². The van der Waals surface area contributed by atoms with Gasteiger partial charge in [0.05, 0.1) is 26.4 Å². The molecule has 4 N–H and O–H groups in total. The second-order valence-electron chi connectivity index (χ2n) is 5.35. The zero-order valence-corrected chi connectivity index (χ0v) is 15.1. The Morgan fingerprint density at radius 2 is 1.17 bits per heavy atom. The van der Waals surface area contributed by atoms with Gasteiger partial charge in [-0.3, -0.25) is 0 Å². The van der Waals surface area contributed by atoms with Gasteiger partial charge in [0.1, 0.15) is 12.2 Å². The first kappa shape index (κ1) is 22.9. The van der Waals surface area contributed by atoms with E-state index >= 15 is 0 Å². The number of aliphatic hydroxyl groups excluding tert-OH is 4. The lowest BCUT2D eigenvalue weighted by atomic mass is 10.4. The molecule has 0 radical (unpaired) electrons. The lowest BCUT2D eigenvalue weighted by Gasteiger charge is -2.27. The highest BCUT2D eigenvalue weighted by Gasteiger charge is 2.34.